The Morgan fingerprint density at radius 1 is 1.60 bits per heavy atom. The fourth-order valence-electron chi connectivity index (χ4n) is 0.365. The highest BCUT2D eigenvalue weighted by Crippen LogP contribution is 2.14. The topological polar surface area (TPSA) is 12.4 Å². The molecule has 0 atom stereocenters. The fraction of sp³-hybridized carbons (Fsp3) is 0.375. The van der Waals surface area contributed by atoms with Gasteiger partial charge >= 0.3 is 0 Å². The molecule has 0 unspecified atom stereocenters. The zero-order valence-electron chi connectivity index (χ0n) is 6.39. The summed E-state index contributed by atoms with van der Waals surface area (Å²) in [6.07, 6.45) is 1.87. The minimum absolute atomic E-state index is 0.467. The lowest BCUT2D eigenvalue weighted by molar-refractivity contribution is 0.794. The summed E-state index contributed by atoms with van der Waals surface area (Å²) in [5.74, 6) is 0.467. The molecule has 10 heavy (non-hydrogen) atoms. The summed E-state index contributed by atoms with van der Waals surface area (Å²) >= 11 is 3.22. The third-order valence-corrected chi connectivity index (χ3v) is 1.68. The smallest absolute Gasteiger partial charge is 0.105 e. The van der Waals surface area contributed by atoms with E-state index < -0.39 is 0 Å². The Kier molecular flexibility index (Phi) is 4.28. The van der Waals surface area contributed by atoms with E-state index >= 15 is 0 Å². The van der Waals surface area contributed by atoms with Gasteiger partial charge in [-0.05, 0) is 40.2 Å². The summed E-state index contributed by atoms with van der Waals surface area (Å²) in [6, 6.07) is 0. The maximum absolute atomic E-state index is 3.85. The zero-order valence-corrected chi connectivity index (χ0v) is 7.98. The molecule has 0 heterocycles. The molecule has 0 N–H and O–H groups in total. The SMILES string of the molecule is C=N/C(Br)=C\C(=C)C(C)C. The molecule has 0 saturated carbocycles. The van der Waals surface area contributed by atoms with Crippen LogP contribution in [0.4, 0.5) is 0 Å². The van der Waals surface area contributed by atoms with Crippen LogP contribution in [-0.4, -0.2) is 6.72 Å². The van der Waals surface area contributed by atoms with Crippen molar-refractivity contribution >= 4 is 22.6 Å². The van der Waals surface area contributed by atoms with Gasteiger partial charge in [-0.25, -0.2) is 0 Å². The number of halogens is 1. The first kappa shape index (κ1) is 9.63. The van der Waals surface area contributed by atoms with Gasteiger partial charge in [-0.15, -0.1) is 0 Å². The molecule has 0 fully saturated rings. The van der Waals surface area contributed by atoms with Gasteiger partial charge < -0.3 is 0 Å². The molecule has 0 saturated heterocycles. The molecule has 0 aliphatic rings. The number of aliphatic imine (C=N–C) groups is 1. The van der Waals surface area contributed by atoms with Crippen LogP contribution in [0.25, 0.3) is 0 Å². The van der Waals surface area contributed by atoms with Crippen LogP contribution in [0, 0.1) is 5.92 Å². The number of rotatable bonds is 3. The van der Waals surface area contributed by atoms with Gasteiger partial charge in [0.05, 0.1) is 0 Å². The van der Waals surface area contributed by atoms with E-state index in [-0.39, 0.29) is 0 Å². The van der Waals surface area contributed by atoms with Crippen molar-refractivity contribution < 1.29 is 0 Å². The minimum Gasteiger partial charge on any atom is -0.257 e. The first-order valence-corrected chi connectivity index (χ1v) is 3.90. The molecule has 1 nitrogen and oxygen atoms in total. The number of hydrogen-bond acceptors (Lipinski definition) is 1. The second-order valence-corrected chi connectivity index (χ2v) is 3.17. The second-order valence-electron chi connectivity index (χ2n) is 2.35. The van der Waals surface area contributed by atoms with Crippen molar-refractivity contribution in [2.45, 2.75) is 13.8 Å². The van der Waals surface area contributed by atoms with Crippen LogP contribution in [0.15, 0.2) is 27.8 Å². The molecule has 0 spiro atoms. The van der Waals surface area contributed by atoms with Crippen molar-refractivity contribution in [3.8, 4) is 0 Å². The average molecular weight is 202 g/mol. The van der Waals surface area contributed by atoms with Crippen molar-refractivity contribution in [3.05, 3.63) is 22.8 Å². The standard InChI is InChI=1S/C8H12BrN/c1-6(2)7(3)5-8(9)10-4/h5-6H,3-4H2,1-2H3/b8-5-. The van der Waals surface area contributed by atoms with Gasteiger partial charge in [0.25, 0.3) is 0 Å². The monoisotopic (exact) mass is 201 g/mol. The molecule has 0 bridgehead atoms. The Bertz CT molecular complexity index is 168. The van der Waals surface area contributed by atoms with E-state index in [2.05, 4.69) is 48.1 Å². The maximum atomic E-state index is 3.85. The molecule has 0 radical (unpaired) electrons. The lowest BCUT2D eigenvalue weighted by Crippen LogP contribution is -1.87. The van der Waals surface area contributed by atoms with Crippen molar-refractivity contribution in [2.24, 2.45) is 10.9 Å². The van der Waals surface area contributed by atoms with E-state index in [4.69, 9.17) is 0 Å². The lowest BCUT2D eigenvalue weighted by Gasteiger charge is -2.02. The molecule has 0 rings (SSSR count). The molecule has 0 amide bonds. The largest absolute Gasteiger partial charge is 0.257 e. The average Bonchev–Trinajstić information content (AvgIpc) is 1.87. The van der Waals surface area contributed by atoms with Gasteiger partial charge in [0.2, 0.25) is 0 Å². The van der Waals surface area contributed by atoms with Crippen molar-refractivity contribution in [1.82, 2.24) is 0 Å². The quantitative estimate of drug-likeness (QED) is 0.378. The molecule has 0 aromatic heterocycles. The summed E-state index contributed by atoms with van der Waals surface area (Å²) in [5, 5.41) is 0. The summed E-state index contributed by atoms with van der Waals surface area (Å²) in [6.45, 7) is 11.4. The van der Waals surface area contributed by atoms with Gasteiger partial charge in [0, 0.05) is 0 Å². The third kappa shape index (κ3) is 3.62. The van der Waals surface area contributed by atoms with Crippen LogP contribution >= 0.6 is 15.9 Å². The Hall–Kier alpha value is -0.370. The van der Waals surface area contributed by atoms with Crippen LogP contribution in [0.2, 0.25) is 0 Å². The molecule has 0 aliphatic carbocycles. The molecule has 56 valence electrons. The van der Waals surface area contributed by atoms with Crippen LogP contribution < -0.4 is 0 Å². The summed E-state index contributed by atoms with van der Waals surface area (Å²) in [5.41, 5.74) is 1.05. The van der Waals surface area contributed by atoms with Gasteiger partial charge in [-0.1, -0.05) is 20.4 Å². The van der Waals surface area contributed by atoms with Crippen LogP contribution in [-0.2, 0) is 0 Å². The molecular weight excluding hydrogens is 190 g/mol. The first-order chi connectivity index (χ1) is 4.57. The normalized spacial score (nSPS) is 11.8. The fourth-order valence-corrected chi connectivity index (χ4v) is 0.659. The molecule has 0 aliphatic heterocycles. The Balaban J connectivity index is 4.13. The van der Waals surface area contributed by atoms with E-state index in [1.807, 2.05) is 6.08 Å². The zero-order chi connectivity index (χ0) is 8.15. The summed E-state index contributed by atoms with van der Waals surface area (Å²) in [7, 11) is 0. The maximum Gasteiger partial charge on any atom is 0.105 e. The van der Waals surface area contributed by atoms with Crippen molar-refractivity contribution in [1.29, 1.82) is 0 Å². The number of allylic oxidation sites excluding steroid dienone is 2. The summed E-state index contributed by atoms with van der Waals surface area (Å²) < 4.78 is 0.742. The minimum atomic E-state index is 0.467. The van der Waals surface area contributed by atoms with Crippen LogP contribution in [0.5, 0.6) is 0 Å². The predicted molar refractivity (Wildman–Crippen MR) is 50.5 cm³/mol. The first-order valence-electron chi connectivity index (χ1n) is 3.10. The van der Waals surface area contributed by atoms with E-state index in [1.165, 1.54) is 0 Å². The molecule has 2 heteroatoms. The highest BCUT2D eigenvalue weighted by molar-refractivity contribution is 9.11. The molecular formula is C8H12BrN. The second kappa shape index (κ2) is 4.45. The van der Waals surface area contributed by atoms with Gasteiger partial charge in [0.15, 0.2) is 0 Å². The van der Waals surface area contributed by atoms with E-state index in [0.29, 0.717) is 5.92 Å². The highest BCUT2D eigenvalue weighted by atomic mass is 79.9. The van der Waals surface area contributed by atoms with Gasteiger partial charge in [0.1, 0.15) is 4.61 Å². The summed E-state index contributed by atoms with van der Waals surface area (Å²) in [4.78, 5) is 3.68. The molecule has 0 aromatic rings. The van der Waals surface area contributed by atoms with Crippen molar-refractivity contribution in [2.75, 3.05) is 0 Å². The lowest BCUT2D eigenvalue weighted by atomic mass is 10.1. The van der Waals surface area contributed by atoms with Crippen molar-refractivity contribution in [3.63, 3.8) is 0 Å². The predicted octanol–water partition coefficient (Wildman–Crippen LogP) is 3.14. The van der Waals surface area contributed by atoms with E-state index in [9.17, 15) is 0 Å². The Morgan fingerprint density at radius 2 is 2.10 bits per heavy atom. The number of hydrogen-bond donors (Lipinski definition) is 0. The van der Waals surface area contributed by atoms with Crippen LogP contribution in [0.1, 0.15) is 13.8 Å². The highest BCUT2D eigenvalue weighted by Gasteiger charge is 1.95. The van der Waals surface area contributed by atoms with Gasteiger partial charge in [-0.2, -0.15) is 0 Å². The van der Waals surface area contributed by atoms with E-state index in [0.717, 1.165) is 10.2 Å². The van der Waals surface area contributed by atoms with E-state index in [1.54, 1.807) is 0 Å². The third-order valence-electron chi connectivity index (χ3n) is 1.20. The number of nitrogens with zero attached hydrogens (tertiary/aromatic N) is 1. The molecule has 0 aromatic carbocycles. The van der Waals surface area contributed by atoms with Gasteiger partial charge in [-0.3, -0.25) is 4.99 Å². The Labute approximate surface area is 70.7 Å². The Morgan fingerprint density at radius 3 is 2.40 bits per heavy atom. The van der Waals surface area contributed by atoms with Crippen LogP contribution in [0.3, 0.4) is 0 Å².